The molecule has 0 saturated carbocycles. The van der Waals surface area contributed by atoms with Gasteiger partial charge in [0.2, 0.25) is 5.91 Å². The molecular weight excluding hydrogens is 316 g/mol. The van der Waals surface area contributed by atoms with E-state index in [1.807, 2.05) is 66.7 Å². The molecule has 25 heavy (non-hydrogen) atoms. The van der Waals surface area contributed by atoms with Crippen LogP contribution < -0.4 is 0 Å². The van der Waals surface area contributed by atoms with Crippen LogP contribution in [0.3, 0.4) is 0 Å². The lowest BCUT2D eigenvalue weighted by atomic mass is 10.0. The lowest BCUT2D eigenvalue weighted by molar-refractivity contribution is -0.153. The highest BCUT2D eigenvalue weighted by molar-refractivity contribution is 5.85. The number of methoxy groups -OCH3 is 1. The lowest BCUT2D eigenvalue weighted by Gasteiger charge is -2.29. The molecule has 0 unspecified atom stereocenters. The quantitative estimate of drug-likeness (QED) is 0.729. The van der Waals surface area contributed by atoms with E-state index in [-0.39, 0.29) is 13.0 Å². The fourth-order valence-electron chi connectivity index (χ4n) is 2.62. The Bertz CT molecular complexity index is 739. The van der Waals surface area contributed by atoms with Gasteiger partial charge in [0.1, 0.15) is 12.5 Å². The van der Waals surface area contributed by atoms with Crippen LogP contribution in [0.5, 0.6) is 0 Å². The van der Waals surface area contributed by atoms with Crippen molar-refractivity contribution in [3.8, 4) is 6.07 Å². The molecule has 2 aromatic rings. The number of nitrogens with zero attached hydrogens (tertiary/aromatic N) is 2. The van der Waals surface area contributed by atoms with E-state index in [1.165, 1.54) is 12.0 Å². The minimum atomic E-state index is -0.784. The van der Waals surface area contributed by atoms with Crippen molar-refractivity contribution in [1.29, 1.82) is 5.26 Å². The number of hydrogen-bond donors (Lipinski definition) is 0. The normalized spacial score (nSPS) is 11.2. The van der Waals surface area contributed by atoms with E-state index in [0.717, 1.165) is 11.1 Å². The van der Waals surface area contributed by atoms with Crippen molar-refractivity contribution < 1.29 is 14.3 Å². The summed E-state index contributed by atoms with van der Waals surface area (Å²) in [4.78, 5) is 26.3. The number of benzene rings is 2. The molecule has 0 heterocycles. The van der Waals surface area contributed by atoms with Gasteiger partial charge < -0.3 is 9.64 Å². The van der Waals surface area contributed by atoms with E-state index in [2.05, 4.69) is 0 Å². The second-order valence-corrected chi connectivity index (χ2v) is 5.57. The Hall–Kier alpha value is -3.13. The average molecular weight is 336 g/mol. The lowest BCUT2D eigenvalue weighted by Crippen LogP contribution is -2.46. The topological polar surface area (TPSA) is 70.4 Å². The Morgan fingerprint density at radius 1 is 1.04 bits per heavy atom. The van der Waals surface area contributed by atoms with Crippen LogP contribution >= 0.6 is 0 Å². The number of ether oxygens (including phenoxy) is 1. The van der Waals surface area contributed by atoms with Gasteiger partial charge in [-0.3, -0.25) is 4.79 Å². The fraction of sp³-hybridized carbons (Fsp3) is 0.250. The van der Waals surface area contributed by atoms with Crippen molar-refractivity contribution in [2.45, 2.75) is 25.4 Å². The monoisotopic (exact) mass is 336 g/mol. The molecule has 0 spiro atoms. The minimum Gasteiger partial charge on any atom is -0.467 e. The molecule has 0 saturated heterocycles. The molecule has 1 amide bonds. The first kappa shape index (κ1) is 18.2. The molecule has 0 N–H and O–H groups in total. The second kappa shape index (κ2) is 9.24. The van der Waals surface area contributed by atoms with Gasteiger partial charge in [0, 0.05) is 13.0 Å². The van der Waals surface area contributed by atoms with Crippen molar-refractivity contribution in [2.75, 3.05) is 7.11 Å². The molecule has 0 radical (unpaired) electrons. The molecule has 1 atom stereocenters. The number of carbonyl (C=O) groups excluding carboxylic acids is 2. The van der Waals surface area contributed by atoms with Gasteiger partial charge in [-0.2, -0.15) is 5.26 Å². The van der Waals surface area contributed by atoms with Crippen LogP contribution in [0, 0.1) is 11.3 Å². The van der Waals surface area contributed by atoms with Crippen molar-refractivity contribution in [1.82, 2.24) is 4.90 Å². The first-order valence-corrected chi connectivity index (χ1v) is 7.97. The van der Waals surface area contributed by atoms with Gasteiger partial charge in [0.15, 0.2) is 0 Å². The molecule has 5 heteroatoms. The number of rotatable bonds is 7. The Labute approximate surface area is 147 Å². The molecular formula is C20H20N2O3. The maximum Gasteiger partial charge on any atom is 0.328 e. The third-order valence-corrected chi connectivity index (χ3v) is 3.87. The summed E-state index contributed by atoms with van der Waals surface area (Å²) in [7, 11) is 1.30. The molecule has 0 fully saturated rings. The van der Waals surface area contributed by atoms with Crippen LogP contribution in [0.2, 0.25) is 0 Å². The zero-order valence-electron chi connectivity index (χ0n) is 14.1. The molecule has 2 rings (SSSR count). The van der Waals surface area contributed by atoms with Gasteiger partial charge in [-0.25, -0.2) is 4.79 Å². The minimum absolute atomic E-state index is 0.244. The summed E-state index contributed by atoms with van der Waals surface area (Å²) in [6.07, 6.45) is 0.0482. The van der Waals surface area contributed by atoms with Crippen LogP contribution in [0.1, 0.15) is 17.5 Å². The van der Waals surface area contributed by atoms with E-state index in [4.69, 9.17) is 10.00 Å². The van der Waals surface area contributed by atoms with E-state index in [1.54, 1.807) is 0 Å². The standard InChI is InChI=1S/C20H20N2O3/c1-25-20(24)18(14-16-8-4-2-5-9-16)22(19(23)12-13-21)15-17-10-6-3-7-11-17/h2-11,18H,12,14-15H2,1H3/t18-/m1/s1. The van der Waals surface area contributed by atoms with Gasteiger partial charge in [0.05, 0.1) is 13.2 Å². The summed E-state index contributed by atoms with van der Waals surface area (Å²) in [6, 6.07) is 19.9. The molecule has 0 bridgehead atoms. The van der Waals surface area contributed by atoms with E-state index in [0.29, 0.717) is 6.42 Å². The average Bonchev–Trinajstić information content (AvgIpc) is 2.65. The molecule has 0 aliphatic carbocycles. The maximum atomic E-state index is 12.5. The zero-order chi connectivity index (χ0) is 18.1. The van der Waals surface area contributed by atoms with Gasteiger partial charge in [0.25, 0.3) is 0 Å². The van der Waals surface area contributed by atoms with Crippen molar-refractivity contribution in [3.63, 3.8) is 0 Å². The number of amides is 1. The summed E-state index contributed by atoms with van der Waals surface area (Å²) in [5.41, 5.74) is 1.80. The van der Waals surface area contributed by atoms with Gasteiger partial charge in [-0.05, 0) is 11.1 Å². The van der Waals surface area contributed by atoms with E-state index < -0.39 is 17.9 Å². The predicted molar refractivity (Wildman–Crippen MR) is 93.2 cm³/mol. The Kier molecular flexibility index (Phi) is 6.73. The van der Waals surface area contributed by atoms with Crippen LogP contribution in [-0.4, -0.2) is 29.9 Å². The first-order chi connectivity index (χ1) is 12.2. The van der Waals surface area contributed by atoms with E-state index >= 15 is 0 Å². The van der Waals surface area contributed by atoms with Gasteiger partial charge in [-0.15, -0.1) is 0 Å². The number of carbonyl (C=O) groups is 2. The van der Waals surface area contributed by atoms with Gasteiger partial charge in [-0.1, -0.05) is 60.7 Å². The largest absolute Gasteiger partial charge is 0.467 e. The number of nitriles is 1. The summed E-state index contributed by atoms with van der Waals surface area (Å²) in [5.74, 6) is -0.885. The van der Waals surface area contributed by atoms with Crippen molar-refractivity contribution in [3.05, 3.63) is 71.8 Å². The predicted octanol–water partition coefficient (Wildman–Crippen LogP) is 2.71. The summed E-state index contributed by atoms with van der Waals surface area (Å²) in [6.45, 7) is 0.244. The number of esters is 1. The van der Waals surface area contributed by atoms with Crippen LogP contribution in [0.25, 0.3) is 0 Å². The SMILES string of the molecule is COC(=O)[C@@H](Cc1ccccc1)N(Cc1ccccc1)C(=O)CC#N. The van der Waals surface area contributed by atoms with E-state index in [9.17, 15) is 9.59 Å². The Balaban J connectivity index is 2.32. The molecule has 0 aromatic heterocycles. The van der Waals surface area contributed by atoms with Crippen molar-refractivity contribution >= 4 is 11.9 Å². The fourth-order valence-corrected chi connectivity index (χ4v) is 2.62. The van der Waals surface area contributed by atoms with Gasteiger partial charge >= 0.3 is 5.97 Å². The van der Waals surface area contributed by atoms with Crippen LogP contribution in [-0.2, 0) is 27.3 Å². The summed E-state index contributed by atoms with van der Waals surface area (Å²) in [5, 5.41) is 8.91. The molecule has 0 aliphatic heterocycles. The maximum absolute atomic E-state index is 12.5. The Morgan fingerprint density at radius 2 is 1.60 bits per heavy atom. The number of hydrogen-bond acceptors (Lipinski definition) is 4. The first-order valence-electron chi connectivity index (χ1n) is 7.97. The van der Waals surface area contributed by atoms with Crippen molar-refractivity contribution in [2.24, 2.45) is 0 Å². The molecule has 5 nitrogen and oxygen atoms in total. The molecule has 0 aliphatic rings. The highest BCUT2D eigenvalue weighted by atomic mass is 16.5. The third kappa shape index (κ3) is 5.18. The summed E-state index contributed by atoms with van der Waals surface area (Å²) < 4.78 is 4.92. The summed E-state index contributed by atoms with van der Waals surface area (Å²) >= 11 is 0. The highest BCUT2D eigenvalue weighted by Crippen LogP contribution is 2.16. The highest BCUT2D eigenvalue weighted by Gasteiger charge is 2.30. The third-order valence-electron chi connectivity index (χ3n) is 3.87. The van der Waals surface area contributed by atoms with Crippen LogP contribution in [0.4, 0.5) is 0 Å². The molecule has 2 aromatic carbocycles. The Morgan fingerprint density at radius 3 is 2.12 bits per heavy atom. The second-order valence-electron chi connectivity index (χ2n) is 5.57. The zero-order valence-corrected chi connectivity index (χ0v) is 14.1. The van der Waals surface area contributed by atoms with Crippen LogP contribution in [0.15, 0.2) is 60.7 Å². The molecule has 128 valence electrons. The smallest absolute Gasteiger partial charge is 0.328 e.